The lowest BCUT2D eigenvalue weighted by molar-refractivity contribution is 0.0249. The number of allylic oxidation sites excluding steroid dienone is 3. The zero-order valence-corrected chi connectivity index (χ0v) is 16.9. The van der Waals surface area contributed by atoms with Crippen molar-refractivity contribution in [1.29, 1.82) is 0 Å². The second-order valence-corrected chi connectivity index (χ2v) is 6.79. The Bertz CT molecular complexity index is 760. The first-order valence-electron chi connectivity index (χ1n) is 9.39. The summed E-state index contributed by atoms with van der Waals surface area (Å²) in [5.74, 6) is 0.492. The average Bonchev–Trinajstić information content (AvgIpc) is 2.68. The van der Waals surface area contributed by atoms with Crippen molar-refractivity contribution in [3.8, 4) is 5.75 Å². The molecule has 0 atom stereocenters. The van der Waals surface area contributed by atoms with Crippen molar-refractivity contribution in [3.05, 3.63) is 52.8 Å². The highest BCUT2D eigenvalue weighted by Gasteiger charge is 2.16. The zero-order chi connectivity index (χ0) is 20.5. The van der Waals surface area contributed by atoms with E-state index in [1.165, 1.54) is 19.6 Å². The van der Waals surface area contributed by atoms with Crippen LogP contribution in [0.2, 0.25) is 0 Å². The van der Waals surface area contributed by atoms with E-state index in [4.69, 9.17) is 18.9 Å². The SMILES string of the molecule is COC(=O)c1ccc(C(C)=O)c(OC2=CC=C(COCCOC(C)C)CC2)c1. The van der Waals surface area contributed by atoms with Gasteiger partial charge in [-0.1, -0.05) is 6.08 Å². The number of hydrogen-bond acceptors (Lipinski definition) is 6. The molecule has 0 fully saturated rings. The van der Waals surface area contributed by atoms with E-state index < -0.39 is 5.97 Å². The van der Waals surface area contributed by atoms with Crippen LogP contribution < -0.4 is 4.74 Å². The highest BCUT2D eigenvalue weighted by Crippen LogP contribution is 2.27. The molecule has 1 aliphatic carbocycles. The Morgan fingerprint density at radius 3 is 2.50 bits per heavy atom. The molecule has 28 heavy (non-hydrogen) atoms. The molecule has 6 nitrogen and oxygen atoms in total. The predicted octanol–water partition coefficient (Wildman–Crippen LogP) is 4.10. The van der Waals surface area contributed by atoms with Crippen LogP contribution in [0, 0.1) is 0 Å². The van der Waals surface area contributed by atoms with E-state index in [0.717, 1.165) is 12.2 Å². The fourth-order valence-electron chi connectivity index (χ4n) is 2.70. The van der Waals surface area contributed by atoms with E-state index >= 15 is 0 Å². The first kappa shape index (κ1) is 21.9. The number of methoxy groups -OCH3 is 1. The van der Waals surface area contributed by atoms with E-state index in [0.29, 0.717) is 43.1 Å². The molecule has 0 radical (unpaired) electrons. The minimum absolute atomic E-state index is 0.129. The first-order valence-corrected chi connectivity index (χ1v) is 9.39. The quantitative estimate of drug-likeness (QED) is 0.341. The van der Waals surface area contributed by atoms with Crippen molar-refractivity contribution in [2.24, 2.45) is 0 Å². The second-order valence-electron chi connectivity index (χ2n) is 6.79. The van der Waals surface area contributed by atoms with E-state index in [9.17, 15) is 9.59 Å². The normalized spacial score (nSPS) is 13.8. The molecule has 0 heterocycles. The van der Waals surface area contributed by atoms with Gasteiger partial charge in [0.2, 0.25) is 0 Å². The molecule has 0 amide bonds. The summed E-state index contributed by atoms with van der Waals surface area (Å²) in [6.45, 7) is 7.16. The molecule has 1 aromatic rings. The largest absolute Gasteiger partial charge is 0.465 e. The van der Waals surface area contributed by atoms with Crippen molar-refractivity contribution < 1.29 is 28.5 Å². The maximum absolute atomic E-state index is 11.9. The molecule has 0 N–H and O–H groups in total. The molecule has 0 saturated heterocycles. The maximum Gasteiger partial charge on any atom is 0.337 e. The van der Waals surface area contributed by atoms with Gasteiger partial charge in [-0.3, -0.25) is 4.79 Å². The van der Waals surface area contributed by atoms with E-state index in [1.54, 1.807) is 18.2 Å². The number of ketones is 1. The van der Waals surface area contributed by atoms with E-state index in [1.807, 2.05) is 26.0 Å². The van der Waals surface area contributed by atoms with Crippen molar-refractivity contribution in [2.75, 3.05) is 26.9 Å². The Morgan fingerprint density at radius 1 is 1.11 bits per heavy atom. The first-order chi connectivity index (χ1) is 13.4. The highest BCUT2D eigenvalue weighted by atomic mass is 16.5. The van der Waals surface area contributed by atoms with Crippen LogP contribution in [-0.2, 0) is 14.2 Å². The number of hydrogen-bond donors (Lipinski definition) is 0. The Hall–Kier alpha value is -2.44. The molecular formula is C22H28O6. The molecule has 0 spiro atoms. The summed E-state index contributed by atoms with van der Waals surface area (Å²) in [5.41, 5.74) is 1.94. The van der Waals surface area contributed by atoms with Crippen LogP contribution in [0.25, 0.3) is 0 Å². The molecule has 1 aliphatic rings. The third-order valence-electron chi connectivity index (χ3n) is 4.19. The second kappa shape index (κ2) is 10.8. The number of benzene rings is 1. The predicted molar refractivity (Wildman–Crippen MR) is 106 cm³/mol. The summed E-state index contributed by atoms with van der Waals surface area (Å²) in [6.07, 6.45) is 5.56. The van der Waals surface area contributed by atoms with Gasteiger partial charge in [0.15, 0.2) is 5.78 Å². The van der Waals surface area contributed by atoms with E-state index in [-0.39, 0.29) is 11.9 Å². The lowest BCUT2D eigenvalue weighted by atomic mass is 10.0. The number of rotatable bonds is 10. The van der Waals surface area contributed by atoms with Gasteiger partial charge in [-0.25, -0.2) is 4.79 Å². The van der Waals surface area contributed by atoms with Gasteiger partial charge < -0.3 is 18.9 Å². The lowest BCUT2D eigenvalue weighted by Crippen LogP contribution is -2.12. The smallest absolute Gasteiger partial charge is 0.337 e. The molecule has 0 saturated carbocycles. The average molecular weight is 388 g/mol. The molecule has 1 aromatic carbocycles. The summed E-state index contributed by atoms with van der Waals surface area (Å²) >= 11 is 0. The zero-order valence-electron chi connectivity index (χ0n) is 16.9. The monoisotopic (exact) mass is 388 g/mol. The Morgan fingerprint density at radius 2 is 1.89 bits per heavy atom. The summed E-state index contributed by atoms with van der Waals surface area (Å²) in [7, 11) is 1.31. The molecule has 6 heteroatoms. The van der Waals surface area contributed by atoms with Gasteiger partial charge in [-0.15, -0.1) is 0 Å². The lowest BCUT2D eigenvalue weighted by Gasteiger charge is -2.17. The van der Waals surface area contributed by atoms with Crippen LogP contribution in [0.5, 0.6) is 5.75 Å². The molecule has 0 aromatic heterocycles. The molecule has 0 aliphatic heterocycles. The Balaban J connectivity index is 1.99. The summed E-state index contributed by atoms with van der Waals surface area (Å²) in [4.78, 5) is 23.6. The van der Waals surface area contributed by atoms with Gasteiger partial charge in [0.05, 0.1) is 44.2 Å². The number of ether oxygens (including phenoxy) is 4. The highest BCUT2D eigenvalue weighted by molar-refractivity contribution is 5.99. The van der Waals surface area contributed by atoms with Gasteiger partial charge in [0, 0.05) is 6.42 Å². The fourth-order valence-corrected chi connectivity index (χ4v) is 2.70. The third kappa shape index (κ3) is 6.62. The number of carbonyl (C=O) groups is 2. The topological polar surface area (TPSA) is 71.1 Å². The maximum atomic E-state index is 11.9. The van der Waals surface area contributed by atoms with Gasteiger partial charge in [-0.05, 0) is 57.0 Å². The number of esters is 1. The van der Waals surface area contributed by atoms with Gasteiger partial charge >= 0.3 is 5.97 Å². The van der Waals surface area contributed by atoms with Crippen LogP contribution in [0.1, 0.15) is 54.3 Å². The number of Topliss-reactive ketones (excluding diaryl/α,β-unsaturated/α-hetero) is 1. The molecule has 0 bridgehead atoms. The van der Waals surface area contributed by atoms with Crippen molar-refractivity contribution in [3.63, 3.8) is 0 Å². The number of carbonyl (C=O) groups excluding carboxylic acids is 2. The van der Waals surface area contributed by atoms with Crippen LogP contribution in [-0.4, -0.2) is 44.8 Å². The van der Waals surface area contributed by atoms with Crippen LogP contribution in [0.4, 0.5) is 0 Å². The molecule has 0 unspecified atom stereocenters. The van der Waals surface area contributed by atoms with Crippen LogP contribution in [0.3, 0.4) is 0 Å². The third-order valence-corrected chi connectivity index (χ3v) is 4.19. The van der Waals surface area contributed by atoms with Gasteiger partial charge in [0.1, 0.15) is 11.5 Å². The van der Waals surface area contributed by atoms with Crippen molar-refractivity contribution in [2.45, 2.75) is 39.7 Å². The van der Waals surface area contributed by atoms with E-state index in [2.05, 4.69) is 0 Å². The minimum atomic E-state index is -0.474. The summed E-state index contributed by atoms with van der Waals surface area (Å²) in [5, 5.41) is 0. The van der Waals surface area contributed by atoms with Gasteiger partial charge in [0.25, 0.3) is 0 Å². The summed E-state index contributed by atoms with van der Waals surface area (Å²) in [6, 6.07) is 4.69. The van der Waals surface area contributed by atoms with Crippen LogP contribution >= 0.6 is 0 Å². The van der Waals surface area contributed by atoms with Crippen molar-refractivity contribution in [1.82, 2.24) is 0 Å². The van der Waals surface area contributed by atoms with Crippen molar-refractivity contribution >= 4 is 11.8 Å². The fraction of sp³-hybridized carbons (Fsp3) is 0.455. The minimum Gasteiger partial charge on any atom is -0.465 e. The Kier molecular flexibility index (Phi) is 8.42. The molecular weight excluding hydrogens is 360 g/mol. The molecule has 152 valence electrons. The van der Waals surface area contributed by atoms with Gasteiger partial charge in [-0.2, -0.15) is 0 Å². The standard InChI is InChI=1S/C22H28O6/c1-15(2)27-12-11-26-14-17-5-8-19(9-6-17)28-21-13-18(22(24)25-4)7-10-20(21)16(3)23/h5,7-8,10,13,15H,6,9,11-12,14H2,1-4H3. The summed E-state index contributed by atoms with van der Waals surface area (Å²) < 4.78 is 21.7. The molecule has 2 rings (SSSR count). The van der Waals surface area contributed by atoms with Crippen LogP contribution in [0.15, 0.2) is 41.7 Å². The Labute approximate surface area is 166 Å².